The number of ketones is 1. The third-order valence-electron chi connectivity index (χ3n) is 1.05. The molecule has 72 valence electrons. The van der Waals surface area contributed by atoms with Gasteiger partial charge < -0.3 is 0 Å². The Morgan fingerprint density at radius 3 is 2.08 bits per heavy atom. The van der Waals surface area contributed by atoms with Crippen LogP contribution in [0.1, 0.15) is 0 Å². The predicted molar refractivity (Wildman–Crippen MR) is 44.3 cm³/mol. The Morgan fingerprint density at radius 2 is 1.85 bits per heavy atom. The number of carbonyl (C=O) groups excluding carboxylic acids is 1. The molecule has 0 aliphatic heterocycles. The Bertz CT molecular complexity index is 276. The molecule has 0 aromatic carbocycles. The lowest BCUT2D eigenvalue weighted by Crippen LogP contribution is -2.23. The van der Waals surface area contributed by atoms with Crippen molar-refractivity contribution in [2.75, 3.05) is 0 Å². The Hall–Kier alpha value is -1.03. The zero-order chi connectivity index (χ0) is 10.6. The van der Waals surface area contributed by atoms with Gasteiger partial charge in [-0.25, -0.2) is 0 Å². The molecule has 0 atom stereocenters. The van der Waals surface area contributed by atoms with Crippen LogP contribution in [0, 0.1) is 0 Å². The van der Waals surface area contributed by atoms with Crippen molar-refractivity contribution in [2.45, 2.75) is 6.18 Å². The summed E-state index contributed by atoms with van der Waals surface area (Å²) in [6.07, 6.45) is -3.32. The SMILES string of the molecule is C=CC(=CC(=C)Cl)C(=O)C(F)(F)F. The van der Waals surface area contributed by atoms with Gasteiger partial charge in [-0.1, -0.05) is 30.8 Å². The van der Waals surface area contributed by atoms with E-state index in [2.05, 4.69) is 13.2 Å². The van der Waals surface area contributed by atoms with Crippen molar-refractivity contribution in [3.63, 3.8) is 0 Å². The fourth-order valence-corrected chi connectivity index (χ4v) is 0.667. The Balaban J connectivity index is 4.92. The molecule has 1 nitrogen and oxygen atoms in total. The number of alkyl halides is 3. The third-order valence-corrected chi connectivity index (χ3v) is 1.16. The first-order chi connectivity index (χ1) is 5.79. The summed E-state index contributed by atoms with van der Waals surface area (Å²) in [7, 11) is 0. The fourth-order valence-electron chi connectivity index (χ4n) is 0.550. The molecule has 0 amide bonds. The molecule has 0 aromatic rings. The summed E-state index contributed by atoms with van der Waals surface area (Å²) in [6, 6.07) is 0. The molecule has 0 rings (SSSR count). The molecule has 0 radical (unpaired) electrons. The van der Waals surface area contributed by atoms with E-state index in [1.54, 1.807) is 0 Å². The molecular weight excluding hydrogens is 205 g/mol. The van der Waals surface area contributed by atoms with Gasteiger partial charge in [0.1, 0.15) is 0 Å². The molecule has 0 unspecified atom stereocenters. The van der Waals surface area contributed by atoms with Gasteiger partial charge in [-0.3, -0.25) is 4.79 Å². The standard InChI is InChI=1S/C8H6ClF3O/c1-3-6(4-5(2)9)7(13)8(10,11)12/h3-4H,1-2H2. The number of carbonyl (C=O) groups is 1. The van der Waals surface area contributed by atoms with E-state index < -0.39 is 17.5 Å². The number of Topliss-reactive ketones (excluding diaryl/α,β-unsaturated/α-hetero) is 1. The van der Waals surface area contributed by atoms with Gasteiger partial charge in [0, 0.05) is 10.6 Å². The van der Waals surface area contributed by atoms with Crippen molar-refractivity contribution in [3.05, 3.63) is 35.9 Å². The first-order valence-electron chi connectivity index (χ1n) is 3.09. The van der Waals surface area contributed by atoms with Crippen LogP contribution < -0.4 is 0 Å². The molecule has 0 heterocycles. The van der Waals surface area contributed by atoms with Gasteiger partial charge in [-0.2, -0.15) is 13.2 Å². The van der Waals surface area contributed by atoms with E-state index in [1.807, 2.05) is 0 Å². The van der Waals surface area contributed by atoms with Crippen molar-refractivity contribution in [1.82, 2.24) is 0 Å². The highest BCUT2D eigenvalue weighted by Crippen LogP contribution is 2.22. The van der Waals surface area contributed by atoms with Gasteiger partial charge in [0.2, 0.25) is 0 Å². The van der Waals surface area contributed by atoms with Crippen LogP contribution in [-0.2, 0) is 4.79 Å². The Morgan fingerprint density at radius 1 is 1.38 bits per heavy atom. The molecular formula is C8H6ClF3O. The molecule has 0 N–H and O–H groups in total. The topological polar surface area (TPSA) is 17.1 Å². The molecule has 0 saturated carbocycles. The van der Waals surface area contributed by atoms with Crippen LogP contribution in [0.5, 0.6) is 0 Å². The van der Waals surface area contributed by atoms with Crippen molar-refractivity contribution >= 4 is 17.4 Å². The number of hydrogen-bond acceptors (Lipinski definition) is 1. The lowest BCUT2D eigenvalue weighted by molar-refractivity contribution is -0.166. The van der Waals surface area contributed by atoms with E-state index >= 15 is 0 Å². The summed E-state index contributed by atoms with van der Waals surface area (Å²) in [5, 5.41) is -0.160. The smallest absolute Gasteiger partial charge is 0.284 e. The quantitative estimate of drug-likeness (QED) is 0.517. The minimum absolute atomic E-state index is 0.160. The van der Waals surface area contributed by atoms with Gasteiger partial charge in [0.05, 0.1) is 0 Å². The molecule has 13 heavy (non-hydrogen) atoms. The lowest BCUT2D eigenvalue weighted by atomic mass is 10.1. The molecule has 0 bridgehead atoms. The van der Waals surface area contributed by atoms with E-state index in [0.29, 0.717) is 0 Å². The number of halogens is 4. The molecule has 0 aromatic heterocycles. The number of hydrogen-bond donors (Lipinski definition) is 0. The Labute approximate surface area is 78.2 Å². The third kappa shape index (κ3) is 3.94. The summed E-state index contributed by atoms with van der Waals surface area (Å²) in [6.45, 7) is 6.19. The Kier molecular flexibility index (Phi) is 3.94. The highest BCUT2D eigenvalue weighted by atomic mass is 35.5. The monoisotopic (exact) mass is 210 g/mol. The van der Waals surface area contributed by atoms with Crippen molar-refractivity contribution in [2.24, 2.45) is 0 Å². The van der Waals surface area contributed by atoms with Crippen LogP contribution in [0.2, 0.25) is 0 Å². The maximum absolute atomic E-state index is 11.8. The van der Waals surface area contributed by atoms with Crippen LogP contribution in [0.4, 0.5) is 13.2 Å². The maximum atomic E-state index is 11.8. The van der Waals surface area contributed by atoms with Gasteiger partial charge in [-0.05, 0) is 6.08 Å². The minimum Gasteiger partial charge on any atom is -0.284 e. The molecule has 0 spiro atoms. The van der Waals surface area contributed by atoms with E-state index in [1.165, 1.54) is 0 Å². The first-order valence-corrected chi connectivity index (χ1v) is 3.47. The van der Waals surface area contributed by atoms with Gasteiger partial charge in [-0.15, -0.1) is 0 Å². The second kappa shape index (κ2) is 4.28. The summed E-state index contributed by atoms with van der Waals surface area (Å²) < 4.78 is 35.5. The van der Waals surface area contributed by atoms with E-state index in [0.717, 1.165) is 12.2 Å². The normalized spacial score (nSPS) is 12.5. The van der Waals surface area contributed by atoms with Crippen LogP contribution in [0.15, 0.2) is 35.9 Å². The van der Waals surface area contributed by atoms with E-state index in [-0.39, 0.29) is 5.03 Å². The largest absolute Gasteiger partial charge is 0.454 e. The van der Waals surface area contributed by atoms with Crippen LogP contribution in [-0.4, -0.2) is 12.0 Å². The molecule has 0 aliphatic carbocycles. The number of allylic oxidation sites excluding steroid dienone is 4. The molecule has 0 fully saturated rings. The van der Waals surface area contributed by atoms with E-state index in [4.69, 9.17) is 11.6 Å². The molecule has 0 saturated heterocycles. The van der Waals surface area contributed by atoms with Crippen LogP contribution in [0.3, 0.4) is 0 Å². The summed E-state index contributed by atoms with van der Waals surface area (Å²) >= 11 is 5.21. The lowest BCUT2D eigenvalue weighted by Gasteiger charge is -2.04. The second-order valence-electron chi connectivity index (χ2n) is 2.08. The zero-order valence-electron chi connectivity index (χ0n) is 6.49. The predicted octanol–water partition coefficient (Wildman–Crippen LogP) is 2.98. The van der Waals surface area contributed by atoms with E-state index in [9.17, 15) is 18.0 Å². The van der Waals surface area contributed by atoms with Crippen molar-refractivity contribution < 1.29 is 18.0 Å². The van der Waals surface area contributed by atoms with Gasteiger partial charge in [0.15, 0.2) is 0 Å². The van der Waals surface area contributed by atoms with Crippen LogP contribution in [0.25, 0.3) is 0 Å². The summed E-state index contributed by atoms with van der Waals surface area (Å²) in [4.78, 5) is 10.6. The highest BCUT2D eigenvalue weighted by Gasteiger charge is 2.39. The molecule has 5 heteroatoms. The summed E-state index contributed by atoms with van der Waals surface area (Å²) in [5.41, 5.74) is -0.618. The highest BCUT2D eigenvalue weighted by molar-refractivity contribution is 6.31. The maximum Gasteiger partial charge on any atom is 0.454 e. The van der Waals surface area contributed by atoms with Crippen LogP contribution >= 0.6 is 11.6 Å². The van der Waals surface area contributed by atoms with Crippen molar-refractivity contribution in [1.29, 1.82) is 0 Å². The second-order valence-corrected chi connectivity index (χ2v) is 2.56. The summed E-state index contributed by atoms with van der Waals surface area (Å²) in [5.74, 6) is -1.98. The first kappa shape index (κ1) is 12.0. The van der Waals surface area contributed by atoms with Gasteiger partial charge >= 0.3 is 6.18 Å². The average molecular weight is 211 g/mol. The number of rotatable bonds is 3. The minimum atomic E-state index is -4.91. The van der Waals surface area contributed by atoms with Gasteiger partial charge in [0.25, 0.3) is 5.78 Å². The van der Waals surface area contributed by atoms with Crippen molar-refractivity contribution in [3.8, 4) is 0 Å². The zero-order valence-corrected chi connectivity index (χ0v) is 7.24. The average Bonchev–Trinajstić information content (AvgIpc) is 1.96. The fraction of sp³-hybridized carbons (Fsp3) is 0.125. The molecule has 0 aliphatic rings.